The van der Waals surface area contributed by atoms with Crippen molar-refractivity contribution in [3.8, 4) is 11.4 Å². The lowest BCUT2D eigenvalue weighted by atomic mass is 9.80. The number of fused-ring (bicyclic) bond motifs is 1. The van der Waals surface area contributed by atoms with Crippen LogP contribution < -0.4 is 4.90 Å². The van der Waals surface area contributed by atoms with Crippen molar-refractivity contribution < 1.29 is 13.2 Å². The molecular formula is C19H21F3N4. The van der Waals surface area contributed by atoms with E-state index in [-0.39, 0.29) is 11.9 Å². The molecule has 2 aromatic rings. The lowest BCUT2D eigenvalue weighted by Crippen LogP contribution is -2.35. The van der Waals surface area contributed by atoms with Crippen LogP contribution in [0, 0.1) is 11.8 Å². The van der Waals surface area contributed by atoms with Crippen LogP contribution in [0.1, 0.15) is 38.3 Å². The van der Waals surface area contributed by atoms with E-state index in [1.54, 1.807) is 18.3 Å². The molecule has 7 heteroatoms. The highest BCUT2D eigenvalue weighted by Gasteiger charge is 2.42. The molecule has 2 fully saturated rings. The maximum absolute atomic E-state index is 13.4. The van der Waals surface area contributed by atoms with Gasteiger partial charge in [0.2, 0.25) is 0 Å². The molecule has 0 spiro atoms. The molecule has 1 saturated carbocycles. The molecule has 0 bridgehead atoms. The number of hydrogen-bond acceptors (Lipinski definition) is 4. The highest BCUT2D eigenvalue weighted by Crippen LogP contribution is 2.42. The first kappa shape index (κ1) is 17.2. The number of anilines is 1. The Morgan fingerprint density at radius 2 is 1.96 bits per heavy atom. The largest absolute Gasteiger partial charge is 0.433 e. The van der Waals surface area contributed by atoms with Crippen LogP contribution in [-0.4, -0.2) is 27.5 Å². The fourth-order valence-electron chi connectivity index (χ4n) is 4.39. The van der Waals surface area contributed by atoms with Crippen molar-refractivity contribution in [3.63, 3.8) is 0 Å². The second-order valence-corrected chi connectivity index (χ2v) is 7.32. The predicted molar refractivity (Wildman–Crippen MR) is 92.5 cm³/mol. The highest BCUT2D eigenvalue weighted by molar-refractivity contribution is 5.57. The zero-order chi connectivity index (χ0) is 18.3. The minimum absolute atomic E-state index is 0.0786. The summed E-state index contributed by atoms with van der Waals surface area (Å²) >= 11 is 0. The Hall–Kier alpha value is -2.18. The van der Waals surface area contributed by atoms with Crippen molar-refractivity contribution in [2.45, 2.75) is 44.8 Å². The minimum atomic E-state index is -4.51. The van der Waals surface area contributed by atoms with Gasteiger partial charge in [-0.25, -0.2) is 9.97 Å². The van der Waals surface area contributed by atoms with E-state index in [4.69, 9.17) is 0 Å². The van der Waals surface area contributed by atoms with Crippen LogP contribution in [-0.2, 0) is 6.18 Å². The maximum Gasteiger partial charge on any atom is 0.433 e. The van der Waals surface area contributed by atoms with Crippen LogP contribution in [0.2, 0.25) is 0 Å². The molecule has 3 atom stereocenters. The molecule has 0 N–H and O–H groups in total. The predicted octanol–water partition coefficient (Wildman–Crippen LogP) is 4.57. The molecular weight excluding hydrogens is 341 g/mol. The smallest absolute Gasteiger partial charge is 0.353 e. The third-order valence-corrected chi connectivity index (χ3v) is 5.61. The Balaban J connectivity index is 1.78. The van der Waals surface area contributed by atoms with Crippen LogP contribution in [0.3, 0.4) is 0 Å². The molecule has 4 rings (SSSR count). The van der Waals surface area contributed by atoms with E-state index in [0.29, 0.717) is 23.2 Å². The summed E-state index contributed by atoms with van der Waals surface area (Å²) in [5.41, 5.74) is -0.402. The number of hydrogen-bond donors (Lipinski definition) is 0. The molecule has 0 radical (unpaired) electrons. The number of rotatable bonds is 2. The maximum atomic E-state index is 13.4. The molecule has 2 aromatic heterocycles. The zero-order valence-corrected chi connectivity index (χ0v) is 14.6. The topological polar surface area (TPSA) is 41.9 Å². The highest BCUT2D eigenvalue weighted by atomic mass is 19.4. The Morgan fingerprint density at radius 1 is 1.15 bits per heavy atom. The van der Waals surface area contributed by atoms with Crippen LogP contribution >= 0.6 is 0 Å². The van der Waals surface area contributed by atoms with Gasteiger partial charge in [-0.2, -0.15) is 13.2 Å². The van der Waals surface area contributed by atoms with Crippen LogP contribution in [0.15, 0.2) is 30.6 Å². The van der Waals surface area contributed by atoms with Gasteiger partial charge >= 0.3 is 6.18 Å². The summed E-state index contributed by atoms with van der Waals surface area (Å²) in [6.45, 7) is 2.94. The molecule has 138 valence electrons. The van der Waals surface area contributed by atoms with E-state index in [1.165, 1.54) is 12.6 Å². The number of halogens is 3. The van der Waals surface area contributed by atoms with Crippen LogP contribution in [0.25, 0.3) is 11.4 Å². The number of nitrogens with zero attached hydrogens (tertiary/aromatic N) is 4. The summed E-state index contributed by atoms with van der Waals surface area (Å²) in [7, 11) is 0. The summed E-state index contributed by atoms with van der Waals surface area (Å²) in [5.74, 6) is 1.46. The Labute approximate surface area is 150 Å². The van der Waals surface area contributed by atoms with Gasteiger partial charge < -0.3 is 4.90 Å². The Morgan fingerprint density at radius 3 is 2.69 bits per heavy atom. The average molecular weight is 362 g/mol. The summed E-state index contributed by atoms with van der Waals surface area (Å²) in [5, 5.41) is 0. The monoisotopic (exact) mass is 362 g/mol. The summed E-state index contributed by atoms with van der Waals surface area (Å²) in [6.07, 6.45) is 3.06. The van der Waals surface area contributed by atoms with Gasteiger partial charge in [0.15, 0.2) is 11.5 Å². The molecule has 1 saturated heterocycles. The van der Waals surface area contributed by atoms with Gasteiger partial charge in [0.1, 0.15) is 5.82 Å². The number of aromatic nitrogens is 3. The molecule has 2 aliphatic rings. The molecule has 3 unspecified atom stereocenters. The van der Waals surface area contributed by atoms with Crippen molar-refractivity contribution in [2.24, 2.45) is 11.8 Å². The number of pyridine rings is 1. The Kier molecular flexibility index (Phi) is 4.32. The molecule has 26 heavy (non-hydrogen) atoms. The first-order valence-corrected chi connectivity index (χ1v) is 9.07. The SMILES string of the molecule is CC1CN(c2cc(C(F)(F)F)nc(-c3cccnc3)n2)C2CCCCC12. The van der Waals surface area contributed by atoms with Crippen LogP contribution in [0.4, 0.5) is 19.0 Å². The van der Waals surface area contributed by atoms with Gasteiger partial charge in [-0.1, -0.05) is 19.8 Å². The summed E-state index contributed by atoms with van der Waals surface area (Å²) in [6, 6.07) is 4.73. The van der Waals surface area contributed by atoms with E-state index in [0.717, 1.165) is 31.9 Å². The third-order valence-electron chi connectivity index (χ3n) is 5.61. The Bertz CT molecular complexity index is 778. The summed E-state index contributed by atoms with van der Waals surface area (Å²) in [4.78, 5) is 14.3. The fourth-order valence-corrected chi connectivity index (χ4v) is 4.39. The van der Waals surface area contributed by atoms with Gasteiger partial charge in [-0.3, -0.25) is 4.98 Å². The van der Waals surface area contributed by atoms with Gasteiger partial charge in [0.05, 0.1) is 0 Å². The lowest BCUT2D eigenvalue weighted by molar-refractivity contribution is -0.141. The van der Waals surface area contributed by atoms with E-state index in [2.05, 4.69) is 26.8 Å². The first-order valence-electron chi connectivity index (χ1n) is 9.07. The molecule has 0 amide bonds. The minimum Gasteiger partial charge on any atom is -0.353 e. The second-order valence-electron chi connectivity index (χ2n) is 7.32. The number of alkyl halides is 3. The third kappa shape index (κ3) is 3.15. The molecule has 0 aromatic carbocycles. The molecule has 1 aliphatic carbocycles. The fraction of sp³-hybridized carbons (Fsp3) is 0.526. The van der Waals surface area contributed by atoms with E-state index < -0.39 is 11.9 Å². The first-order chi connectivity index (χ1) is 12.4. The van der Waals surface area contributed by atoms with E-state index in [9.17, 15) is 13.2 Å². The lowest BCUT2D eigenvalue weighted by Gasteiger charge is -2.33. The van der Waals surface area contributed by atoms with E-state index >= 15 is 0 Å². The van der Waals surface area contributed by atoms with Crippen molar-refractivity contribution in [1.29, 1.82) is 0 Å². The normalized spacial score (nSPS) is 26.0. The van der Waals surface area contributed by atoms with Crippen molar-refractivity contribution in [1.82, 2.24) is 15.0 Å². The van der Waals surface area contributed by atoms with Crippen molar-refractivity contribution >= 4 is 5.82 Å². The van der Waals surface area contributed by atoms with Gasteiger partial charge in [-0.15, -0.1) is 0 Å². The van der Waals surface area contributed by atoms with Crippen molar-refractivity contribution in [2.75, 3.05) is 11.4 Å². The summed E-state index contributed by atoms with van der Waals surface area (Å²) < 4.78 is 40.3. The van der Waals surface area contributed by atoms with Gasteiger partial charge in [-0.05, 0) is 36.8 Å². The quantitative estimate of drug-likeness (QED) is 0.785. The van der Waals surface area contributed by atoms with Crippen molar-refractivity contribution in [3.05, 3.63) is 36.3 Å². The van der Waals surface area contributed by atoms with Gasteiger partial charge in [0, 0.05) is 36.6 Å². The van der Waals surface area contributed by atoms with Gasteiger partial charge in [0.25, 0.3) is 0 Å². The molecule has 4 nitrogen and oxygen atoms in total. The van der Waals surface area contributed by atoms with Crippen LogP contribution in [0.5, 0.6) is 0 Å². The average Bonchev–Trinajstić information content (AvgIpc) is 2.99. The molecule has 1 aliphatic heterocycles. The molecule has 3 heterocycles. The zero-order valence-electron chi connectivity index (χ0n) is 14.6. The standard InChI is InChI=1S/C19H21F3N4/c1-12-11-26(15-7-3-2-6-14(12)15)17-9-16(19(20,21)22)24-18(25-17)13-5-4-8-23-10-13/h4-5,8-10,12,14-15H,2-3,6-7,11H2,1H3. The van der Waals surface area contributed by atoms with E-state index in [1.807, 2.05) is 0 Å². The second kappa shape index (κ2) is 6.52.